The minimum absolute atomic E-state index is 0.0537. The Morgan fingerprint density at radius 3 is 2.48 bits per heavy atom. The molecule has 0 aliphatic rings. The van der Waals surface area contributed by atoms with E-state index in [-0.39, 0.29) is 23.1 Å². The topological polar surface area (TPSA) is 107 Å². The number of aromatic nitrogens is 2. The molecule has 2 aromatic rings. The molecule has 0 aliphatic heterocycles. The molecule has 1 heterocycles. The van der Waals surface area contributed by atoms with Crippen molar-refractivity contribution in [3.63, 3.8) is 0 Å². The van der Waals surface area contributed by atoms with E-state index < -0.39 is 19.3 Å². The highest BCUT2D eigenvalue weighted by molar-refractivity contribution is 6.74. The molecule has 0 saturated heterocycles. The number of benzene rings is 1. The van der Waals surface area contributed by atoms with E-state index in [1.54, 1.807) is 31.7 Å². The molecule has 1 atom stereocenters. The first-order chi connectivity index (χ1) is 14.4. The Labute approximate surface area is 189 Å². The number of hydrogen-bond donors (Lipinski definition) is 1. The maximum absolute atomic E-state index is 11.8. The lowest BCUT2D eigenvalue weighted by molar-refractivity contribution is -0.386. The van der Waals surface area contributed by atoms with E-state index in [1.807, 2.05) is 0 Å². The number of carbonyl (C=O) groups excluding carboxylic acids is 1. The molecule has 0 spiro atoms. The molecule has 1 aromatic carbocycles. The van der Waals surface area contributed by atoms with Crippen LogP contribution in [0.15, 0.2) is 36.9 Å². The molecule has 0 bridgehead atoms. The average Bonchev–Trinajstić information content (AvgIpc) is 3.24. The third-order valence-corrected chi connectivity index (χ3v) is 9.82. The van der Waals surface area contributed by atoms with Crippen LogP contribution in [0.3, 0.4) is 0 Å². The Morgan fingerprint density at radius 1 is 1.35 bits per heavy atom. The lowest BCUT2D eigenvalue weighted by Gasteiger charge is -2.39. The third kappa shape index (κ3) is 8.80. The van der Waals surface area contributed by atoms with Crippen molar-refractivity contribution in [1.82, 2.24) is 9.97 Å². The van der Waals surface area contributed by atoms with Crippen LogP contribution in [0, 0.1) is 10.1 Å². The summed E-state index contributed by atoms with van der Waals surface area (Å²) in [6.07, 6.45) is 4.91. The Bertz CT molecular complexity index is 821. The number of nitro groups is 1. The summed E-state index contributed by atoms with van der Waals surface area (Å²) in [4.78, 5) is 29.2. The lowest BCUT2D eigenvalue weighted by atomic mass is 10.0. The number of hydrogen-bond acceptors (Lipinski definition) is 6. The molecule has 2 rings (SSSR count). The molecule has 10 heteroatoms. The highest BCUT2D eigenvalue weighted by Gasteiger charge is 2.40. The standard InChI is InChI=1S/C18H28ClNO5Si.C3H4N2/c1-7-24-17(21)11-10-16(25-26(5,6)18(2,3)4)14-12-13(19)8-9-15(14)20(22)23;1-2-5-3-4-1/h8-9,12,16H,7,10-11H2,1-6H3;1-3H,(H,4,5). The maximum atomic E-state index is 11.8. The lowest BCUT2D eigenvalue weighted by Crippen LogP contribution is -2.42. The van der Waals surface area contributed by atoms with Crippen molar-refractivity contribution in [2.45, 2.75) is 64.8 Å². The zero-order valence-corrected chi connectivity index (χ0v) is 20.7. The Balaban J connectivity index is 0.000000836. The molecule has 0 fully saturated rings. The molecule has 0 radical (unpaired) electrons. The van der Waals surface area contributed by atoms with Gasteiger partial charge in [0, 0.05) is 29.9 Å². The van der Waals surface area contributed by atoms with Crippen molar-refractivity contribution >= 4 is 31.6 Å². The molecule has 0 amide bonds. The van der Waals surface area contributed by atoms with Crippen LogP contribution in [0.4, 0.5) is 5.69 Å². The Hall–Kier alpha value is -2.23. The molecule has 0 saturated carbocycles. The number of nitrogens with one attached hydrogen (secondary N) is 1. The first-order valence-electron chi connectivity index (χ1n) is 10.1. The van der Waals surface area contributed by atoms with Gasteiger partial charge in [-0.05, 0) is 43.6 Å². The minimum atomic E-state index is -2.23. The fourth-order valence-corrected chi connectivity index (χ4v) is 3.95. The van der Waals surface area contributed by atoms with Gasteiger partial charge in [-0.15, -0.1) is 0 Å². The van der Waals surface area contributed by atoms with Gasteiger partial charge in [0.05, 0.1) is 29.5 Å². The highest BCUT2D eigenvalue weighted by atomic mass is 35.5. The molecule has 31 heavy (non-hydrogen) atoms. The van der Waals surface area contributed by atoms with Gasteiger partial charge in [-0.25, -0.2) is 4.98 Å². The number of ether oxygens (including phenoxy) is 1. The molecule has 172 valence electrons. The van der Waals surface area contributed by atoms with Crippen LogP contribution in [0.2, 0.25) is 23.2 Å². The molecule has 1 N–H and O–H groups in total. The fraction of sp³-hybridized carbons (Fsp3) is 0.524. The van der Waals surface area contributed by atoms with Gasteiger partial charge in [0.1, 0.15) is 0 Å². The van der Waals surface area contributed by atoms with E-state index in [0.29, 0.717) is 23.6 Å². The average molecular weight is 470 g/mol. The van der Waals surface area contributed by atoms with Crippen molar-refractivity contribution in [3.8, 4) is 0 Å². The van der Waals surface area contributed by atoms with Crippen LogP contribution in [0.1, 0.15) is 52.2 Å². The zero-order chi connectivity index (χ0) is 23.7. The van der Waals surface area contributed by atoms with Gasteiger partial charge in [-0.2, -0.15) is 0 Å². The SMILES string of the molecule is CCOC(=O)CCC(O[Si](C)(C)C(C)(C)C)c1cc(Cl)ccc1[N+](=O)[O-].c1c[nH]cn1. The predicted molar refractivity (Wildman–Crippen MR) is 124 cm³/mol. The molecule has 8 nitrogen and oxygen atoms in total. The minimum Gasteiger partial charge on any atom is -0.466 e. The number of esters is 1. The Kier molecular flexibility index (Phi) is 10.3. The molecular formula is C21H32ClN3O5Si. The van der Waals surface area contributed by atoms with E-state index in [1.165, 1.54) is 12.1 Å². The summed E-state index contributed by atoms with van der Waals surface area (Å²) in [5.41, 5.74) is 0.346. The first-order valence-corrected chi connectivity index (χ1v) is 13.4. The van der Waals surface area contributed by atoms with Gasteiger partial charge in [0.25, 0.3) is 5.69 Å². The third-order valence-electron chi connectivity index (χ3n) is 5.10. The van der Waals surface area contributed by atoms with Crippen LogP contribution >= 0.6 is 11.6 Å². The summed E-state index contributed by atoms with van der Waals surface area (Å²) < 4.78 is 11.4. The largest absolute Gasteiger partial charge is 0.466 e. The van der Waals surface area contributed by atoms with Gasteiger partial charge in [0.15, 0.2) is 8.32 Å². The summed E-state index contributed by atoms with van der Waals surface area (Å²) >= 11 is 6.08. The molecule has 1 unspecified atom stereocenters. The van der Waals surface area contributed by atoms with Crippen molar-refractivity contribution in [2.24, 2.45) is 0 Å². The quantitative estimate of drug-likeness (QED) is 0.218. The highest BCUT2D eigenvalue weighted by Crippen LogP contribution is 2.42. The van der Waals surface area contributed by atoms with Crippen LogP contribution in [0.5, 0.6) is 0 Å². The van der Waals surface area contributed by atoms with E-state index >= 15 is 0 Å². The van der Waals surface area contributed by atoms with Crippen molar-refractivity contribution < 1.29 is 18.9 Å². The predicted octanol–water partition coefficient (Wildman–Crippen LogP) is 6.06. The van der Waals surface area contributed by atoms with E-state index in [2.05, 4.69) is 43.8 Å². The molecule has 0 aliphatic carbocycles. The number of nitrogens with zero attached hydrogens (tertiary/aromatic N) is 2. The number of imidazole rings is 1. The van der Waals surface area contributed by atoms with Crippen LogP contribution < -0.4 is 0 Å². The number of halogens is 1. The van der Waals surface area contributed by atoms with Crippen LogP contribution in [0.25, 0.3) is 0 Å². The molecular weight excluding hydrogens is 438 g/mol. The summed E-state index contributed by atoms with van der Waals surface area (Å²) in [6.45, 7) is 12.4. The van der Waals surface area contributed by atoms with Crippen LogP contribution in [-0.4, -0.2) is 35.8 Å². The van der Waals surface area contributed by atoms with Gasteiger partial charge in [-0.1, -0.05) is 32.4 Å². The smallest absolute Gasteiger partial charge is 0.305 e. The maximum Gasteiger partial charge on any atom is 0.305 e. The number of nitro benzene ring substituents is 1. The second kappa shape index (κ2) is 12.0. The fourth-order valence-electron chi connectivity index (χ4n) is 2.46. The van der Waals surface area contributed by atoms with Crippen LogP contribution in [-0.2, 0) is 14.0 Å². The monoisotopic (exact) mass is 469 g/mol. The number of H-pyrrole nitrogens is 1. The zero-order valence-electron chi connectivity index (χ0n) is 19.0. The second-order valence-electron chi connectivity index (χ2n) is 8.43. The van der Waals surface area contributed by atoms with Gasteiger partial charge in [0.2, 0.25) is 0 Å². The number of carbonyl (C=O) groups is 1. The summed E-state index contributed by atoms with van der Waals surface area (Å²) in [6, 6.07) is 4.42. The first kappa shape index (κ1) is 26.8. The van der Waals surface area contributed by atoms with Crippen molar-refractivity contribution in [2.75, 3.05) is 6.61 Å². The van der Waals surface area contributed by atoms with Gasteiger partial charge < -0.3 is 14.1 Å². The molecule has 1 aromatic heterocycles. The van der Waals surface area contributed by atoms with E-state index in [4.69, 9.17) is 20.8 Å². The van der Waals surface area contributed by atoms with E-state index in [9.17, 15) is 14.9 Å². The summed E-state index contributed by atoms with van der Waals surface area (Å²) in [5.74, 6) is -0.346. The van der Waals surface area contributed by atoms with Crippen molar-refractivity contribution in [3.05, 3.63) is 57.6 Å². The summed E-state index contributed by atoms with van der Waals surface area (Å²) in [5, 5.41) is 11.8. The van der Waals surface area contributed by atoms with Gasteiger partial charge in [-0.3, -0.25) is 14.9 Å². The van der Waals surface area contributed by atoms with E-state index in [0.717, 1.165) is 0 Å². The normalized spacial score (nSPS) is 12.5. The Morgan fingerprint density at radius 2 is 2.03 bits per heavy atom. The van der Waals surface area contributed by atoms with Crippen molar-refractivity contribution in [1.29, 1.82) is 0 Å². The van der Waals surface area contributed by atoms with Gasteiger partial charge >= 0.3 is 5.97 Å². The second-order valence-corrected chi connectivity index (χ2v) is 13.6. The number of aromatic amines is 1. The summed E-state index contributed by atoms with van der Waals surface area (Å²) in [7, 11) is -2.23. The number of rotatable bonds is 8.